The van der Waals surface area contributed by atoms with Gasteiger partial charge in [-0.05, 0) is 49.2 Å². The summed E-state index contributed by atoms with van der Waals surface area (Å²) >= 11 is 0. The van der Waals surface area contributed by atoms with Gasteiger partial charge in [-0.3, -0.25) is 14.2 Å². The van der Waals surface area contributed by atoms with Gasteiger partial charge >= 0.3 is 0 Å². The van der Waals surface area contributed by atoms with Crippen LogP contribution in [0.5, 0.6) is 5.75 Å². The summed E-state index contributed by atoms with van der Waals surface area (Å²) in [4.78, 5) is 28.2. The van der Waals surface area contributed by atoms with Crippen LogP contribution in [0.15, 0.2) is 59.5 Å². The van der Waals surface area contributed by atoms with Crippen molar-refractivity contribution < 1.29 is 13.9 Å². The molecule has 140 valence electrons. The highest BCUT2D eigenvalue weighted by Gasteiger charge is 2.08. The molecule has 0 atom stereocenters. The topological polar surface area (TPSA) is 73.2 Å². The lowest BCUT2D eigenvalue weighted by molar-refractivity contribution is -0.121. The quantitative estimate of drug-likeness (QED) is 0.619. The first-order chi connectivity index (χ1) is 13.1. The number of benzene rings is 2. The van der Waals surface area contributed by atoms with Crippen molar-refractivity contribution in [3.8, 4) is 5.75 Å². The van der Waals surface area contributed by atoms with E-state index in [1.54, 1.807) is 30.3 Å². The van der Waals surface area contributed by atoms with E-state index in [1.165, 1.54) is 22.9 Å². The summed E-state index contributed by atoms with van der Waals surface area (Å²) in [6, 6.07) is 13.0. The molecular formula is C20H20FN3O3. The monoisotopic (exact) mass is 369 g/mol. The minimum Gasteiger partial charge on any atom is -0.494 e. The molecular weight excluding hydrogens is 349 g/mol. The Morgan fingerprint density at radius 2 is 1.89 bits per heavy atom. The van der Waals surface area contributed by atoms with Gasteiger partial charge in [-0.25, -0.2) is 9.37 Å². The second-order valence-corrected chi connectivity index (χ2v) is 6.03. The van der Waals surface area contributed by atoms with Crippen molar-refractivity contribution in [1.82, 2.24) is 14.9 Å². The zero-order chi connectivity index (χ0) is 19.1. The molecule has 1 aromatic heterocycles. The molecule has 1 N–H and O–H groups in total. The third-order valence-corrected chi connectivity index (χ3v) is 4.03. The van der Waals surface area contributed by atoms with Gasteiger partial charge in [-0.15, -0.1) is 0 Å². The van der Waals surface area contributed by atoms with Crippen molar-refractivity contribution in [3.05, 3.63) is 70.9 Å². The number of carbonyl (C=O) groups is 1. The van der Waals surface area contributed by atoms with Crippen molar-refractivity contribution in [2.75, 3.05) is 13.2 Å². The van der Waals surface area contributed by atoms with Crippen LogP contribution in [0.1, 0.15) is 12.8 Å². The van der Waals surface area contributed by atoms with E-state index >= 15 is 0 Å². The van der Waals surface area contributed by atoms with Crippen LogP contribution in [-0.4, -0.2) is 28.6 Å². The maximum Gasteiger partial charge on any atom is 0.269 e. The van der Waals surface area contributed by atoms with E-state index in [0.717, 1.165) is 12.8 Å². The molecule has 0 aliphatic carbocycles. The number of carbonyl (C=O) groups excluding carboxylic acids is 1. The Bertz CT molecular complexity index is 970. The first kappa shape index (κ1) is 18.6. The van der Waals surface area contributed by atoms with Crippen molar-refractivity contribution in [2.24, 2.45) is 0 Å². The van der Waals surface area contributed by atoms with Crippen LogP contribution < -0.4 is 15.6 Å². The SMILES string of the molecule is O=C(Cn1c(=O)cnc2ccccc21)NCCCCOc1ccc(F)cc1. The highest BCUT2D eigenvalue weighted by atomic mass is 19.1. The lowest BCUT2D eigenvalue weighted by Gasteiger charge is -2.10. The molecule has 0 spiro atoms. The smallest absolute Gasteiger partial charge is 0.269 e. The number of para-hydroxylation sites is 2. The Morgan fingerprint density at radius 1 is 1.11 bits per heavy atom. The van der Waals surface area contributed by atoms with Gasteiger partial charge in [0.1, 0.15) is 18.1 Å². The molecule has 3 rings (SSSR count). The molecule has 7 heteroatoms. The van der Waals surface area contributed by atoms with Crippen LogP contribution in [0, 0.1) is 5.82 Å². The third kappa shape index (κ3) is 5.13. The number of aromatic nitrogens is 2. The fraction of sp³-hybridized carbons (Fsp3) is 0.250. The van der Waals surface area contributed by atoms with Crippen LogP contribution in [0.25, 0.3) is 11.0 Å². The van der Waals surface area contributed by atoms with Gasteiger partial charge in [0.15, 0.2) is 0 Å². The van der Waals surface area contributed by atoms with E-state index in [-0.39, 0.29) is 23.8 Å². The normalized spacial score (nSPS) is 10.7. The molecule has 3 aromatic rings. The first-order valence-electron chi connectivity index (χ1n) is 8.73. The lowest BCUT2D eigenvalue weighted by Crippen LogP contribution is -2.33. The van der Waals surface area contributed by atoms with E-state index in [9.17, 15) is 14.0 Å². The molecule has 27 heavy (non-hydrogen) atoms. The molecule has 6 nitrogen and oxygen atoms in total. The Hall–Kier alpha value is -3.22. The van der Waals surface area contributed by atoms with E-state index in [4.69, 9.17) is 4.74 Å². The molecule has 0 saturated heterocycles. The van der Waals surface area contributed by atoms with Crippen molar-refractivity contribution in [3.63, 3.8) is 0 Å². The summed E-state index contributed by atoms with van der Waals surface area (Å²) in [7, 11) is 0. The number of hydrogen-bond donors (Lipinski definition) is 1. The highest BCUT2D eigenvalue weighted by Crippen LogP contribution is 2.11. The number of fused-ring (bicyclic) bond motifs is 1. The predicted molar refractivity (Wildman–Crippen MR) is 100 cm³/mol. The maximum absolute atomic E-state index is 12.8. The van der Waals surface area contributed by atoms with E-state index in [0.29, 0.717) is 29.9 Å². The summed E-state index contributed by atoms with van der Waals surface area (Å²) < 4.78 is 19.7. The average molecular weight is 369 g/mol. The summed E-state index contributed by atoms with van der Waals surface area (Å²) in [5.41, 5.74) is 0.993. The number of rotatable bonds is 8. The Balaban J connectivity index is 1.42. The van der Waals surface area contributed by atoms with Crippen molar-refractivity contribution >= 4 is 16.9 Å². The molecule has 0 saturated carbocycles. The Morgan fingerprint density at radius 3 is 2.70 bits per heavy atom. The minimum absolute atomic E-state index is 0.0477. The van der Waals surface area contributed by atoms with Crippen LogP contribution >= 0.6 is 0 Å². The number of nitrogens with one attached hydrogen (secondary N) is 1. The highest BCUT2D eigenvalue weighted by molar-refractivity contribution is 5.79. The number of halogens is 1. The van der Waals surface area contributed by atoms with Crippen LogP contribution in [-0.2, 0) is 11.3 Å². The largest absolute Gasteiger partial charge is 0.494 e. The predicted octanol–water partition coefficient (Wildman–Crippen LogP) is 2.51. The number of amides is 1. The standard InChI is InChI=1S/C20H20FN3O3/c21-15-7-9-16(10-8-15)27-12-4-3-11-22-19(25)14-24-18-6-2-1-5-17(18)23-13-20(24)26/h1-2,5-10,13H,3-4,11-12,14H2,(H,22,25). The van der Waals surface area contributed by atoms with Gasteiger partial charge in [-0.1, -0.05) is 12.1 Å². The Labute approximate surface area is 155 Å². The Kier molecular flexibility index (Phi) is 6.14. The van der Waals surface area contributed by atoms with Crippen molar-refractivity contribution in [1.29, 1.82) is 0 Å². The van der Waals surface area contributed by atoms with Crippen molar-refractivity contribution in [2.45, 2.75) is 19.4 Å². The molecule has 0 bridgehead atoms. The first-order valence-corrected chi connectivity index (χ1v) is 8.73. The third-order valence-electron chi connectivity index (χ3n) is 4.03. The number of ether oxygens (including phenoxy) is 1. The zero-order valence-corrected chi connectivity index (χ0v) is 14.7. The van der Waals surface area contributed by atoms with Gasteiger partial charge in [0, 0.05) is 6.54 Å². The summed E-state index contributed by atoms with van der Waals surface area (Å²) in [5.74, 6) is 0.0865. The fourth-order valence-electron chi connectivity index (χ4n) is 2.65. The minimum atomic E-state index is -0.309. The van der Waals surface area contributed by atoms with E-state index in [2.05, 4.69) is 10.3 Å². The summed E-state index contributed by atoms with van der Waals surface area (Å²) in [5, 5.41) is 2.80. The van der Waals surface area contributed by atoms with E-state index < -0.39 is 0 Å². The second kappa shape index (κ2) is 8.93. The molecule has 1 amide bonds. The van der Waals surface area contributed by atoms with Gasteiger partial charge in [0.25, 0.3) is 5.56 Å². The second-order valence-electron chi connectivity index (χ2n) is 6.03. The van der Waals surface area contributed by atoms with Gasteiger partial charge in [0.2, 0.25) is 5.91 Å². The van der Waals surface area contributed by atoms with Crippen LogP contribution in [0.3, 0.4) is 0 Å². The number of unbranched alkanes of at least 4 members (excludes halogenated alkanes) is 1. The average Bonchev–Trinajstić information content (AvgIpc) is 2.68. The maximum atomic E-state index is 12.8. The van der Waals surface area contributed by atoms with Gasteiger partial charge < -0.3 is 10.1 Å². The molecule has 0 aliphatic heterocycles. The molecule has 2 aromatic carbocycles. The molecule has 0 fully saturated rings. The lowest BCUT2D eigenvalue weighted by atomic mass is 10.3. The van der Waals surface area contributed by atoms with Crippen LogP contribution in [0.2, 0.25) is 0 Å². The molecule has 0 radical (unpaired) electrons. The number of nitrogens with zero attached hydrogens (tertiary/aromatic N) is 2. The molecule has 0 unspecified atom stereocenters. The number of hydrogen-bond acceptors (Lipinski definition) is 4. The summed E-state index contributed by atoms with van der Waals surface area (Å²) in [6.45, 7) is 0.924. The fourth-order valence-corrected chi connectivity index (χ4v) is 2.65. The summed E-state index contributed by atoms with van der Waals surface area (Å²) in [6.07, 6.45) is 2.71. The van der Waals surface area contributed by atoms with E-state index in [1.807, 2.05) is 6.07 Å². The van der Waals surface area contributed by atoms with Gasteiger partial charge in [-0.2, -0.15) is 0 Å². The van der Waals surface area contributed by atoms with Gasteiger partial charge in [0.05, 0.1) is 23.8 Å². The van der Waals surface area contributed by atoms with Crippen LogP contribution in [0.4, 0.5) is 4.39 Å². The molecule has 1 heterocycles. The molecule has 0 aliphatic rings. The zero-order valence-electron chi connectivity index (χ0n) is 14.7.